The van der Waals surface area contributed by atoms with Gasteiger partial charge in [0.05, 0.1) is 23.1 Å². The van der Waals surface area contributed by atoms with Gasteiger partial charge >= 0.3 is 5.97 Å². The van der Waals surface area contributed by atoms with Crippen molar-refractivity contribution in [3.05, 3.63) is 70.3 Å². The van der Waals surface area contributed by atoms with Crippen molar-refractivity contribution in [3.8, 4) is 0 Å². The molecule has 1 aliphatic heterocycles. The molecule has 1 N–H and O–H groups in total. The van der Waals surface area contributed by atoms with E-state index in [9.17, 15) is 19.2 Å². The van der Waals surface area contributed by atoms with E-state index in [4.69, 9.17) is 16.3 Å². The van der Waals surface area contributed by atoms with E-state index in [-0.39, 0.29) is 41.0 Å². The average molecular weight is 479 g/mol. The number of ether oxygens (including phenoxy) is 1. The molecule has 3 aliphatic rings. The van der Waals surface area contributed by atoms with E-state index < -0.39 is 18.5 Å². The third-order valence-electron chi connectivity index (χ3n) is 7.01. The summed E-state index contributed by atoms with van der Waals surface area (Å²) in [6.07, 6.45) is 2.97. The molecule has 174 valence electrons. The van der Waals surface area contributed by atoms with Crippen LogP contribution in [0.5, 0.6) is 0 Å². The van der Waals surface area contributed by atoms with Gasteiger partial charge in [-0.1, -0.05) is 35.4 Å². The zero-order valence-corrected chi connectivity index (χ0v) is 19.5. The van der Waals surface area contributed by atoms with E-state index in [1.807, 2.05) is 13.8 Å². The number of carbonyl (C=O) groups is 4. The topological polar surface area (TPSA) is 92.8 Å². The van der Waals surface area contributed by atoms with Crippen molar-refractivity contribution in [1.82, 2.24) is 0 Å². The number of benzene rings is 2. The Bertz CT molecular complexity index is 1270. The highest BCUT2D eigenvalue weighted by Crippen LogP contribution is 2.55. The van der Waals surface area contributed by atoms with Crippen LogP contribution in [0.15, 0.2) is 54.1 Å². The van der Waals surface area contributed by atoms with Gasteiger partial charge in [0, 0.05) is 10.7 Å². The van der Waals surface area contributed by atoms with E-state index in [1.165, 1.54) is 22.6 Å². The maximum atomic E-state index is 13.1. The number of aryl methyl sites for hydroxylation is 1. The second-order valence-electron chi connectivity index (χ2n) is 9.12. The number of nitrogens with zero attached hydrogens (tertiary/aromatic N) is 1. The van der Waals surface area contributed by atoms with Gasteiger partial charge in [0.25, 0.3) is 5.91 Å². The highest BCUT2D eigenvalue weighted by atomic mass is 35.5. The quantitative estimate of drug-likeness (QED) is 0.396. The molecule has 5 rings (SSSR count). The number of hydrogen-bond acceptors (Lipinski definition) is 5. The summed E-state index contributed by atoms with van der Waals surface area (Å²) >= 11 is 6.06. The molecule has 0 aromatic heterocycles. The number of imide groups is 1. The summed E-state index contributed by atoms with van der Waals surface area (Å²) in [6.45, 7) is 3.37. The number of hydrogen-bond donors (Lipinski definition) is 1. The Balaban J connectivity index is 1.25. The number of nitrogens with one attached hydrogen (secondary N) is 1. The van der Waals surface area contributed by atoms with Gasteiger partial charge in [0.15, 0.2) is 6.61 Å². The van der Waals surface area contributed by atoms with Gasteiger partial charge in [-0.25, -0.2) is 9.69 Å². The first-order chi connectivity index (χ1) is 16.2. The average Bonchev–Trinajstić information content (AvgIpc) is 3.45. The third-order valence-corrected chi connectivity index (χ3v) is 7.42. The third kappa shape index (κ3) is 3.70. The molecule has 0 radical (unpaired) electrons. The van der Waals surface area contributed by atoms with Gasteiger partial charge in [-0.2, -0.15) is 0 Å². The lowest BCUT2D eigenvalue weighted by molar-refractivity contribution is -0.123. The molecular formula is C26H23ClN2O5. The van der Waals surface area contributed by atoms with E-state index >= 15 is 0 Å². The highest BCUT2D eigenvalue weighted by molar-refractivity contribution is 6.31. The minimum absolute atomic E-state index is 0.103. The number of carbonyl (C=O) groups excluding carboxylic acids is 4. The number of fused-ring (bicyclic) bond motifs is 5. The second kappa shape index (κ2) is 8.40. The Hall–Kier alpha value is -3.45. The molecule has 2 aromatic carbocycles. The molecule has 1 saturated carbocycles. The first kappa shape index (κ1) is 22.3. The zero-order chi connectivity index (χ0) is 24.1. The van der Waals surface area contributed by atoms with Crippen LogP contribution in [0.1, 0.15) is 29.3 Å². The summed E-state index contributed by atoms with van der Waals surface area (Å²) in [7, 11) is 0. The van der Waals surface area contributed by atoms with Crippen molar-refractivity contribution in [2.75, 3.05) is 16.8 Å². The van der Waals surface area contributed by atoms with Gasteiger partial charge in [-0.15, -0.1) is 0 Å². The van der Waals surface area contributed by atoms with Crippen molar-refractivity contribution in [2.45, 2.75) is 20.3 Å². The normalized spacial score (nSPS) is 24.8. The molecule has 7 nitrogen and oxygen atoms in total. The van der Waals surface area contributed by atoms with E-state index in [2.05, 4.69) is 11.4 Å². The van der Waals surface area contributed by atoms with Crippen LogP contribution in [0.3, 0.4) is 0 Å². The van der Waals surface area contributed by atoms with Crippen LogP contribution in [0, 0.1) is 30.6 Å². The van der Waals surface area contributed by atoms with Crippen molar-refractivity contribution in [2.24, 2.45) is 23.7 Å². The van der Waals surface area contributed by atoms with Gasteiger partial charge < -0.3 is 10.1 Å². The lowest BCUT2D eigenvalue weighted by Gasteiger charge is -2.19. The Morgan fingerprint density at radius 2 is 1.85 bits per heavy atom. The van der Waals surface area contributed by atoms with Gasteiger partial charge in [-0.3, -0.25) is 14.4 Å². The number of amides is 3. The monoisotopic (exact) mass is 478 g/mol. The van der Waals surface area contributed by atoms with Crippen molar-refractivity contribution in [1.29, 1.82) is 0 Å². The zero-order valence-electron chi connectivity index (χ0n) is 18.7. The van der Waals surface area contributed by atoms with Gasteiger partial charge in [0.1, 0.15) is 0 Å². The Morgan fingerprint density at radius 1 is 1.09 bits per heavy atom. The van der Waals surface area contributed by atoms with Crippen LogP contribution in [0.4, 0.5) is 11.4 Å². The van der Waals surface area contributed by atoms with Crippen LogP contribution in [0.25, 0.3) is 0 Å². The summed E-state index contributed by atoms with van der Waals surface area (Å²) < 4.78 is 5.14. The second-order valence-corrected chi connectivity index (χ2v) is 9.53. The minimum atomic E-state index is -0.726. The number of esters is 1. The lowest BCUT2D eigenvalue weighted by Crippen LogP contribution is -2.33. The molecule has 2 aromatic rings. The molecule has 0 unspecified atom stereocenters. The largest absolute Gasteiger partial charge is 0.452 e. The molecule has 4 atom stereocenters. The van der Waals surface area contributed by atoms with E-state index in [0.29, 0.717) is 16.4 Å². The SMILES string of the molecule is CC1=C[C@H]2C[C@H]1[C@@H]1C(=O)N(c3cccc(C(=O)OCC(=O)Nc4ccc(C)c(Cl)c4)c3)C(=O)[C@@H]12. The Labute approximate surface area is 201 Å². The summed E-state index contributed by atoms with van der Waals surface area (Å²) in [5.41, 5.74) is 3.04. The van der Waals surface area contributed by atoms with E-state index in [0.717, 1.165) is 12.0 Å². The molecule has 1 saturated heterocycles. The molecule has 34 heavy (non-hydrogen) atoms. The fourth-order valence-electron chi connectivity index (χ4n) is 5.38. The maximum Gasteiger partial charge on any atom is 0.338 e. The summed E-state index contributed by atoms with van der Waals surface area (Å²) in [5.74, 6) is -2.09. The Kier molecular flexibility index (Phi) is 5.52. The van der Waals surface area contributed by atoms with Crippen molar-refractivity contribution < 1.29 is 23.9 Å². The molecular weight excluding hydrogens is 456 g/mol. The van der Waals surface area contributed by atoms with E-state index in [1.54, 1.807) is 30.3 Å². The van der Waals surface area contributed by atoms with Crippen LogP contribution in [0.2, 0.25) is 5.02 Å². The first-order valence-electron chi connectivity index (χ1n) is 11.1. The van der Waals surface area contributed by atoms with Gasteiger partial charge in [0.2, 0.25) is 11.8 Å². The molecule has 2 aliphatic carbocycles. The molecule has 8 heteroatoms. The summed E-state index contributed by atoms with van der Waals surface area (Å²) in [5, 5.41) is 3.14. The van der Waals surface area contributed by atoms with Gasteiger partial charge in [-0.05, 0) is 68.0 Å². The molecule has 2 bridgehead atoms. The number of anilines is 2. The fraction of sp³-hybridized carbons (Fsp3) is 0.308. The van der Waals surface area contributed by atoms with Crippen LogP contribution < -0.4 is 10.2 Å². The van der Waals surface area contributed by atoms with Crippen LogP contribution in [-0.2, 0) is 19.1 Å². The molecule has 0 spiro atoms. The smallest absolute Gasteiger partial charge is 0.338 e. The minimum Gasteiger partial charge on any atom is -0.452 e. The first-order valence-corrected chi connectivity index (χ1v) is 11.5. The maximum absolute atomic E-state index is 13.1. The summed E-state index contributed by atoms with van der Waals surface area (Å²) in [4.78, 5) is 52.2. The number of allylic oxidation sites excluding steroid dienone is 2. The molecule has 3 amide bonds. The molecule has 2 fully saturated rings. The summed E-state index contributed by atoms with van der Waals surface area (Å²) in [6, 6.07) is 11.3. The molecule has 1 heterocycles. The fourth-order valence-corrected chi connectivity index (χ4v) is 5.56. The van der Waals surface area contributed by atoms with Crippen LogP contribution in [-0.4, -0.2) is 30.3 Å². The predicted octanol–water partition coefficient (Wildman–Crippen LogP) is 4.15. The van der Waals surface area contributed by atoms with Crippen LogP contribution >= 0.6 is 11.6 Å². The highest BCUT2D eigenvalue weighted by Gasteiger charge is 2.60. The lowest BCUT2D eigenvalue weighted by atomic mass is 9.82. The van der Waals surface area contributed by atoms with Crippen molar-refractivity contribution >= 4 is 46.7 Å². The number of rotatable bonds is 5. The van der Waals surface area contributed by atoms with Crippen molar-refractivity contribution in [3.63, 3.8) is 0 Å². The Morgan fingerprint density at radius 3 is 2.62 bits per heavy atom. The standard InChI is InChI=1S/C26H23ClN2O5/c1-13-6-7-17(11-20(13)27)28-21(30)12-34-26(33)15-4-3-5-18(9-15)29-24(31)22-16-8-14(2)19(10-16)23(22)25(29)32/h3-9,11,16,19,22-23H,10,12H2,1-2H3,(H,28,30)/t16-,19+,22+,23-/m0/s1. The predicted molar refractivity (Wildman–Crippen MR) is 126 cm³/mol. The number of halogens is 1.